The first-order valence-corrected chi connectivity index (χ1v) is 7.01. The first-order chi connectivity index (χ1) is 9.17. The summed E-state index contributed by atoms with van der Waals surface area (Å²) in [6, 6.07) is 7.38. The number of halogens is 1. The third-order valence-electron chi connectivity index (χ3n) is 3.37. The molecule has 1 aromatic carbocycles. The van der Waals surface area contributed by atoms with Gasteiger partial charge in [0.25, 0.3) is 0 Å². The Labute approximate surface area is 121 Å². The summed E-state index contributed by atoms with van der Waals surface area (Å²) in [5.74, 6) is -0.233. The molecule has 1 aliphatic rings. The van der Waals surface area contributed by atoms with Gasteiger partial charge in [-0.1, -0.05) is 15.9 Å². The lowest BCUT2D eigenvalue weighted by atomic mass is 10.00. The van der Waals surface area contributed by atoms with E-state index in [0.717, 1.165) is 36.0 Å². The number of ether oxygens (including phenoxy) is 1. The van der Waals surface area contributed by atoms with Gasteiger partial charge in [-0.2, -0.15) is 5.26 Å². The normalized spacial score (nSPS) is 18.8. The summed E-state index contributed by atoms with van der Waals surface area (Å²) >= 11 is 3.41. The zero-order valence-corrected chi connectivity index (χ0v) is 12.3. The number of methoxy groups -OCH3 is 1. The largest absolute Gasteiger partial charge is 0.467 e. The van der Waals surface area contributed by atoms with Crippen LogP contribution in [0.4, 0.5) is 5.69 Å². The third kappa shape index (κ3) is 2.90. The summed E-state index contributed by atoms with van der Waals surface area (Å²) < 4.78 is 5.77. The van der Waals surface area contributed by atoms with Gasteiger partial charge in [-0.05, 0) is 37.5 Å². The van der Waals surface area contributed by atoms with Crippen molar-refractivity contribution in [2.45, 2.75) is 25.3 Å². The van der Waals surface area contributed by atoms with E-state index in [-0.39, 0.29) is 12.0 Å². The van der Waals surface area contributed by atoms with Crippen LogP contribution in [0.5, 0.6) is 0 Å². The molecule has 1 unspecified atom stereocenters. The first kappa shape index (κ1) is 13.9. The maximum Gasteiger partial charge on any atom is 0.328 e. The van der Waals surface area contributed by atoms with Crippen molar-refractivity contribution in [3.05, 3.63) is 28.2 Å². The number of hydrogen-bond donors (Lipinski definition) is 0. The number of carbonyl (C=O) groups excluding carboxylic acids is 1. The Balaban J connectivity index is 2.40. The van der Waals surface area contributed by atoms with Gasteiger partial charge >= 0.3 is 5.97 Å². The number of nitrogens with zero attached hydrogens (tertiary/aromatic N) is 2. The molecule has 0 amide bonds. The molecule has 1 saturated heterocycles. The molecular formula is C14H15BrN2O2. The van der Waals surface area contributed by atoms with E-state index in [9.17, 15) is 10.1 Å². The Bertz CT molecular complexity index is 525. The van der Waals surface area contributed by atoms with Gasteiger partial charge in [0, 0.05) is 11.0 Å². The van der Waals surface area contributed by atoms with Gasteiger partial charge in [0.1, 0.15) is 12.1 Å². The molecule has 19 heavy (non-hydrogen) atoms. The molecule has 4 nitrogen and oxygen atoms in total. The Morgan fingerprint density at radius 3 is 3.00 bits per heavy atom. The Kier molecular flexibility index (Phi) is 4.43. The van der Waals surface area contributed by atoms with Crippen LogP contribution < -0.4 is 4.90 Å². The predicted octanol–water partition coefficient (Wildman–Crippen LogP) is 2.85. The number of benzene rings is 1. The maximum absolute atomic E-state index is 11.9. The monoisotopic (exact) mass is 322 g/mol. The highest BCUT2D eigenvalue weighted by Crippen LogP contribution is 2.30. The van der Waals surface area contributed by atoms with Crippen LogP contribution in [0.15, 0.2) is 22.7 Å². The standard InChI is InChI=1S/C14H15BrN2O2/c1-19-14(18)12-4-2-3-7-17(12)13-8-11(15)6-5-10(13)9-16/h5-6,8,12H,2-4,7H2,1H3. The molecule has 0 saturated carbocycles. The van der Waals surface area contributed by atoms with Crippen molar-refractivity contribution in [3.8, 4) is 6.07 Å². The summed E-state index contributed by atoms with van der Waals surface area (Å²) in [4.78, 5) is 13.9. The molecule has 0 N–H and O–H groups in total. The van der Waals surface area contributed by atoms with E-state index in [0.29, 0.717) is 5.56 Å². The molecule has 0 bridgehead atoms. The fraction of sp³-hybridized carbons (Fsp3) is 0.429. The van der Waals surface area contributed by atoms with Crippen molar-refractivity contribution in [1.82, 2.24) is 0 Å². The van der Waals surface area contributed by atoms with E-state index in [1.807, 2.05) is 17.0 Å². The fourth-order valence-corrected chi connectivity index (χ4v) is 2.79. The van der Waals surface area contributed by atoms with Gasteiger partial charge in [-0.25, -0.2) is 4.79 Å². The summed E-state index contributed by atoms with van der Waals surface area (Å²) in [6.07, 6.45) is 2.79. The van der Waals surface area contributed by atoms with Gasteiger partial charge in [0.05, 0.1) is 18.4 Å². The molecule has 2 rings (SSSR count). The van der Waals surface area contributed by atoms with Gasteiger partial charge < -0.3 is 9.64 Å². The van der Waals surface area contributed by atoms with Crippen LogP contribution in [0, 0.1) is 11.3 Å². The molecule has 1 aliphatic heterocycles. The highest BCUT2D eigenvalue weighted by Gasteiger charge is 2.30. The highest BCUT2D eigenvalue weighted by atomic mass is 79.9. The second kappa shape index (κ2) is 6.07. The summed E-state index contributed by atoms with van der Waals surface area (Å²) in [5.41, 5.74) is 1.38. The van der Waals surface area contributed by atoms with Crippen molar-refractivity contribution < 1.29 is 9.53 Å². The molecule has 0 aromatic heterocycles. The molecule has 0 radical (unpaired) electrons. The van der Waals surface area contributed by atoms with Crippen LogP contribution in [0.25, 0.3) is 0 Å². The van der Waals surface area contributed by atoms with Crippen molar-refractivity contribution in [3.63, 3.8) is 0 Å². The lowest BCUT2D eigenvalue weighted by Gasteiger charge is -2.36. The van der Waals surface area contributed by atoms with E-state index in [4.69, 9.17) is 4.74 Å². The molecule has 1 heterocycles. The molecule has 1 atom stereocenters. The minimum Gasteiger partial charge on any atom is -0.467 e. The van der Waals surface area contributed by atoms with Crippen molar-refractivity contribution in [2.24, 2.45) is 0 Å². The van der Waals surface area contributed by atoms with E-state index in [1.54, 1.807) is 6.07 Å². The zero-order valence-electron chi connectivity index (χ0n) is 10.7. The smallest absolute Gasteiger partial charge is 0.328 e. The minimum absolute atomic E-state index is 0.233. The first-order valence-electron chi connectivity index (χ1n) is 6.21. The second-order valence-corrected chi connectivity index (χ2v) is 5.42. The van der Waals surface area contributed by atoms with E-state index in [2.05, 4.69) is 22.0 Å². The van der Waals surface area contributed by atoms with Crippen molar-refractivity contribution >= 4 is 27.6 Å². The van der Waals surface area contributed by atoms with Gasteiger partial charge in [0.2, 0.25) is 0 Å². The molecule has 1 aromatic rings. The second-order valence-electron chi connectivity index (χ2n) is 4.50. The van der Waals surface area contributed by atoms with Crippen LogP contribution in [0.3, 0.4) is 0 Å². The van der Waals surface area contributed by atoms with Gasteiger partial charge in [0.15, 0.2) is 0 Å². The minimum atomic E-state index is -0.292. The average Bonchev–Trinajstić information content (AvgIpc) is 2.46. The number of anilines is 1. The molecular weight excluding hydrogens is 308 g/mol. The third-order valence-corrected chi connectivity index (χ3v) is 3.86. The zero-order chi connectivity index (χ0) is 13.8. The topological polar surface area (TPSA) is 53.3 Å². The van der Waals surface area contributed by atoms with E-state index in [1.165, 1.54) is 7.11 Å². The summed E-state index contributed by atoms with van der Waals surface area (Å²) in [6.45, 7) is 0.769. The number of esters is 1. The Hall–Kier alpha value is -1.54. The molecule has 100 valence electrons. The average molecular weight is 323 g/mol. The lowest BCUT2D eigenvalue weighted by Crippen LogP contribution is -2.45. The Morgan fingerprint density at radius 2 is 2.32 bits per heavy atom. The van der Waals surface area contributed by atoms with Crippen LogP contribution in [-0.2, 0) is 9.53 Å². The quantitative estimate of drug-likeness (QED) is 0.786. The van der Waals surface area contributed by atoms with Crippen LogP contribution in [0.2, 0.25) is 0 Å². The Morgan fingerprint density at radius 1 is 1.53 bits per heavy atom. The molecule has 5 heteroatoms. The molecule has 0 aliphatic carbocycles. The number of nitriles is 1. The molecule has 1 fully saturated rings. The number of piperidine rings is 1. The lowest BCUT2D eigenvalue weighted by molar-refractivity contribution is -0.142. The van der Waals surface area contributed by atoms with Gasteiger partial charge in [-0.15, -0.1) is 0 Å². The SMILES string of the molecule is COC(=O)C1CCCCN1c1cc(Br)ccc1C#N. The summed E-state index contributed by atoms with van der Waals surface area (Å²) in [7, 11) is 1.40. The fourth-order valence-electron chi connectivity index (χ4n) is 2.44. The number of carbonyl (C=O) groups is 1. The van der Waals surface area contributed by atoms with Crippen LogP contribution in [-0.4, -0.2) is 25.7 Å². The van der Waals surface area contributed by atoms with Gasteiger partial charge in [-0.3, -0.25) is 0 Å². The summed E-state index contributed by atoms with van der Waals surface area (Å²) in [5, 5.41) is 9.21. The molecule has 0 spiro atoms. The maximum atomic E-state index is 11.9. The van der Waals surface area contributed by atoms with Crippen molar-refractivity contribution in [1.29, 1.82) is 5.26 Å². The predicted molar refractivity (Wildman–Crippen MR) is 75.9 cm³/mol. The van der Waals surface area contributed by atoms with E-state index >= 15 is 0 Å². The van der Waals surface area contributed by atoms with Crippen LogP contribution in [0.1, 0.15) is 24.8 Å². The number of hydrogen-bond acceptors (Lipinski definition) is 4. The van der Waals surface area contributed by atoms with Crippen molar-refractivity contribution in [2.75, 3.05) is 18.6 Å². The highest BCUT2D eigenvalue weighted by molar-refractivity contribution is 9.10. The van der Waals surface area contributed by atoms with E-state index < -0.39 is 0 Å². The number of rotatable bonds is 2. The van der Waals surface area contributed by atoms with Crippen LogP contribution >= 0.6 is 15.9 Å².